The summed E-state index contributed by atoms with van der Waals surface area (Å²) in [5, 5.41) is 9.83. The molecule has 0 aromatic heterocycles. The van der Waals surface area contributed by atoms with Gasteiger partial charge in [0.25, 0.3) is 0 Å². The number of hydrogen-bond donors (Lipinski definition) is 1. The van der Waals surface area contributed by atoms with Gasteiger partial charge in [-0.2, -0.15) is 0 Å². The molecule has 15 heavy (non-hydrogen) atoms. The summed E-state index contributed by atoms with van der Waals surface area (Å²) in [5.41, 5.74) is -0.709. The molecule has 0 aliphatic heterocycles. The van der Waals surface area contributed by atoms with Gasteiger partial charge in [-0.1, -0.05) is 20.8 Å². The zero-order valence-corrected chi connectivity index (χ0v) is 13.2. The van der Waals surface area contributed by atoms with E-state index in [2.05, 4.69) is 36.9 Å². The first kappa shape index (κ1) is 15.8. The number of hydrogen-bond acceptors (Lipinski definition) is 2. The molecule has 3 unspecified atom stereocenters. The van der Waals surface area contributed by atoms with Crippen molar-refractivity contribution < 1.29 is 9.63 Å². The van der Waals surface area contributed by atoms with Crippen molar-refractivity contribution in [1.82, 2.24) is 0 Å². The summed E-state index contributed by atoms with van der Waals surface area (Å²) in [6, 6.07) is 0. The molecular formula is C11H26O2P2. The lowest BCUT2D eigenvalue weighted by molar-refractivity contribution is 0.0637. The van der Waals surface area contributed by atoms with E-state index in [-0.39, 0.29) is 16.4 Å². The number of aliphatic hydroxyl groups is 1. The van der Waals surface area contributed by atoms with Crippen molar-refractivity contribution in [3.63, 3.8) is 0 Å². The van der Waals surface area contributed by atoms with Gasteiger partial charge >= 0.3 is 0 Å². The van der Waals surface area contributed by atoms with Gasteiger partial charge in [-0.15, -0.1) is 9.24 Å². The van der Waals surface area contributed by atoms with E-state index in [4.69, 9.17) is 4.52 Å². The van der Waals surface area contributed by atoms with Crippen LogP contribution < -0.4 is 0 Å². The van der Waals surface area contributed by atoms with Gasteiger partial charge in [-0.25, -0.2) is 0 Å². The minimum atomic E-state index is -0.667. The summed E-state index contributed by atoms with van der Waals surface area (Å²) in [6.45, 7) is 14.1. The van der Waals surface area contributed by atoms with Gasteiger partial charge in [0.2, 0.25) is 0 Å². The van der Waals surface area contributed by atoms with E-state index in [1.54, 1.807) is 0 Å². The fraction of sp³-hybridized carbons (Fsp3) is 1.00. The van der Waals surface area contributed by atoms with Crippen LogP contribution in [-0.4, -0.2) is 27.1 Å². The highest BCUT2D eigenvalue weighted by molar-refractivity contribution is 7.33. The minimum absolute atomic E-state index is 0.0271. The largest absolute Gasteiger partial charge is 0.390 e. The molecule has 2 nitrogen and oxygen atoms in total. The molecule has 0 aromatic carbocycles. The molecule has 0 heterocycles. The van der Waals surface area contributed by atoms with Crippen molar-refractivity contribution in [2.75, 3.05) is 0 Å². The standard InChI is InChI=1S/C11H26O2P2/c1-8(9(2,3)12)15-13-10(4,5)11(6,7)14/h8,12,15H,14H2,1-7H3. The van der Waals surface area contributed by atoms with Gasteiger partial charge in [0.15, 0.2) is 0 Å². The smallest absolute Gasteiger partial charge is 0.0750 e. The van der Waals surface area contributed by atoms with Crippen LogP contribution in [0.15, 0.2) is 0 Å². The Bertz CT molecular complexity index is 202. The Labute approximate surface area is 98.6 Å². The maximum atomic E-state index is 9.81. The van der Waals surface area contributed by atoms with E-state index in [9.17, 15) is 5.11 Å². The Hall–Kier alpha value is 0.780. The summed E-state index contributed by atoms with van der Waals surface area (Å²) in [5.74, 6) is 0. The van der Waals surface area contributed by atoms with Gasteiger partial charge in [0, 0.05) is 19.6 Å². The molecule has 0 aliphatic carbocycles. The fourth-order valence-corrected chi connectivity index (χ4v) is 1.71. The minimum Gasteiger partial charge on any atom is -0.390 e. The average molecular weight is 252 g/mol. The van der Waals surface area contributed by atoms with Crippen LogP contribution in [0.2, 0.25) is 0 Å². The molecule has 0 spiro atoms. The summed E-state index contributed by atoms with van der Waals surface area (Å²) in [4.78, 5) is 0. The highest BCUT2D eigenvalue weighted by Crippen LogP contribution is 2.41. The Kier molecular flexibility index (Phi) is 5.22. The zero-order chi connectivity index (χ0) is 12.5. The molecule has 0 saturated carbocycles. The van der Waals surface area contributed by atoms with Crippen molar-refractivity contribution in [1.29, 1.82) is 0 Å². The van der Waals surface area contributed by atoms with Crippen LogP contribution in [-0.2, 0) is 4.52 Å². The molecule has 0 fully saturated rings. The SMILES string of the molecule is CC(POC(C)(C)C(C)(C)P)C(C)(C)O. The third-order valence-corrected chi connectivity index (χ3v) is 5.49. The van der Waals surface area contributed by atoms with Gasteiger partial charge < -0.3 is 9.63 Å². The highest BCUT2D eigenvalue weighted by Gasteiger charge is 2.35. The second-order valence-electron chi connectivity index (χ2n) is 5.83. The zero-order valence-electron chi connectivity index (χ0n) is 11.0. The molecule has 3 atom stereocenters. The molecule has 92 valence electrons. The fourth-order valence-electron chi connectivity index (χ4n) is 0.511. The maximum Gasteiger partial charge on any atom is 0.0750 e. The molecule has 0 rings (SSSR count). The summed E-state index contributed by atoms with van der Waals surface area (Å²) >= 11 is 0. The van der Waals surface area contributed by atoms with Crippen LogP contribution in [0.25, 0.3) is 0 Å². The monoisotopic (exact) mass is 252 g/mol. The molecule has 0 radical (unpaired) electrons. The highest BCUT2D eigenvalue weighted by atomic mass is 31.1. The van der Waals surface area contributed by atoms with Crippen LogP contribution in [0, 0.1) is 0 Å². The topological polar surface area (TPSA) is 29.5 Å². The van der Waals surface area contributed by atoms with E-state index < -0.39 is 5.60 Å². The normalized spacial score (nSPS) is 17.4. The van der Waals surface area contributed by atoms with Crippen molar-refractivity contribution >= 4 is 18.0 Å². The molecule has 1 N–H and O–H groups in total. The molecule has 0 aromatic rings. The van der Waals surface area contributed by atoms with E-state index in [1.807, 2.05) is 20.8 Å². The predicted molar refractivity (Wildman–Crippen MR) is 73.0 cm³/mol. The van der Waals surface area contributed by atoms with Crippen LogP contribution >= 0.6 is 18.0 Å². The van der Waals surface area contributed by atoms with Gasteiger partial charge in [0.1, 0.15) is 0 Å². The lowest BCUT2D eigenvalue weighted by atomic mass is 9.94. The Morgan fingerprint density at radius 1 is 1.13 bits per heavy atom. The first-order valence-corrected chi connectivity index (χ1v) is 6.89. The van der Waals surface area contributed by atoms with Crippen LogP contribution in [0.4, 0.5) is 0 Å². The van der Waals surface area contributed by atoms with Crippen molar-refractivity contribution in [3.8, 4) is 0 Å². The predicted octanol–water partition coefficient (Wildman–Crippen LogP) is 3.19. The third-order valence-electron chi connectivity index (χ3n) is 3.10. The van der Waals surface area contributed by atoms with Crippen molar-refractivity contribution in [2.24, 2.45) is 0 Å². The van der Waals surface area contributed by atoms with E-state index in [0.29, 0.717) is 8.81 Å². The molecule has 0 bridgehead atoms. The second kappa shape index (κ2) is 4.96. The Morgan fingerprint density at radius 2 is 1.53 bits per heavy atom. The Balaban J connectivity index is 4.29. The quantitative estimate of drug-likeness (QED) is 0.761. The van der Waals surface area contributed by atoms with Crippen LogP contribution in [0.1, 0.15) is 48.5 Å². The molecule has 0 aliphatic rings. The van der Waals surface area contributed by atoms with Gasteiger partial charge in [-0.05, 0) is 27.7 Å². The average Bonchev–Trinajstić information content (AvgIpc) is 1.96. The van der Waals surface area contributed by atoms with Crippen molar-refractivity contribution in [2.45, 2.75) is 70.5 Å². The van der Waals surface area contributed by atoms with Crippen LogP contribution in [0.3, 0.4) is 0 Å². The van der Waals surface area contributed by atoms with Crippen LogP contribution in [0.5, 0.6) is 0 Å². The summed E-state index contributed by atoms with van der Waals surface area (Å²) in [6.07, 6.45) is 0. The Morgan fingerprint density at radius 3 is 1.80 bits per heavy atom. The van der Waals surface area contributed by atoms with E-state index >= 15 is 0 Å². The molecule has 0 saturated heterocycles. The molecular weight excluding hydrogens is 226 g/mol. The molecule has 0 amide bonds. The number of rotatable bonds is 5. The first-order chi connectivity index (χ1) is 6.38. The van der Waals surface area contributed by atoms with E-state index in [1.165, 1.54) is 0 Å². The maximum absolute atomic E-state index is 9.81. The summed E-state index contributed by atoms with van der Waals surface area (Å²) < 4.78 is 5.93. The van der Waals surface area contributed by atoms with E-state index in [0.717, 1.165) is 0 Å². The molecule has 4 heteroatoms. The first-order valence-electron chi connectivity index (χ1n) is 5.33. The van der Waals surface area contributed by atoms with Gasteiger partial charge in [0.05, 0.1) is 11.2 Å². The second-order valence-corrected chi connectivity index (χ2v) is 8.58. The lowest BCUT2D eigenvalue weighted by Crippen LogP contribution is -2.42. The summed E-state index contributed by atoms with van der Waals surface area (Å²) in [7, 11) is 3.13. The third kappa shape index (κ3) is 5.09. The van der Waals surface area contributed by atoms with Crippen molar-refractivity contribution in [3.05, 3.63) is 0 Å². The lowest BCUT2D eigenvalue weighted by Gasteiger charge is -2.40. The van der Waals surface area contributed by atoms with Gasteiger partial charge in [-0.3, -0.25) is 0 Å².